The zero-order chi connectivity index (χ0) is 13.5. The molecule has 0 fully saturated rings. The monoisotopic (exact) mass is 270 g/mol. The number of carbonyl (C=O) groups excluding carboxylic acids is 2. The number of rotatable bonds is 6. The molecule has 0 aliphatic carbocycles. The lowest BCUT2D eigenvalue weighted by molar-refractivity contribution is 0.0526. The standard InChI is InChI=1S/C12H18N2O3S/c1-4-8(5-2)13-10(15)9-7-18-11(14-9)12(16)17-6-3/h7-8H,4-6H2,1-3H3,(H,13,15). The van der Waals surface area contributed by atoms with Gasteiger partial charge in [0.05, 0.1) is 6.61 Å². The van der Waals surface area contributed by atoms with E-state index in [2.05, 4.69) is 10.3 Å². The van der Waals surface area contributed by atoms with Crippen molar-refractivity contribution in [1.82, 2.24) is 10.3 Å². The Morgan fingerprint density at radius 3 is 2.61 bits per heavy atom. The quantitative estimate of drug-likeness (QED) is 0.805. The van der Waals surface area contributed by atoms with E-state index in [9.17, 15) is 9.59 Å². The minimum absolute atomic E-state index is 0.144. The minimum Gasteiger partial charge on any atom is -0.461 e. The van der Waals surface area contributed by atoms with Gasteiger partial charge in [-0.15, -0.1) is 11.3 Å². The summed E-state index contributed by atoms with van der Waals surface area (Å²) in [6, 6.07) is 0.144. The molecule has 1 aromatic heterocycles. The number of hydrogen-bond acceptors (Lipinski definition) is 5. The third-order valence-corrected chi connectivity index (χ3v) is 3.33. The summed E-state index contributed by atoms with van der Waals surface area (Å²) in [5, 5.41) is 4.66. The van der Waals surface area contributed by atoms with E-state index in [0.717, 1.165) is 24.2 Å². The van der Waals surface area contributed by atoms with Gasteiger partial charge in [0.25, 0.3) is 5.91 Å². The Morgan fingerprint density at radius 1 is 1.39 bits per heavy atom. The van der Waals surface area contributed by atoms with Crippen LogP contribution in [0.1, 0.15) is 53.9 Å². The van der Waals surface area contributed by atoms with E-state index in [0.29, 0.717) is 6.61 Å². The van der Waals surface area contributed by atoms with Crippen LogP contribution >= 0.6 is 11.3 Å². The number of carbonyl (C=O) groups is 2. The van der Waals surface area contributed by atoms with Crippen molar-refractivity contribution in [2.24, 2.45) is 0 Å². The van der Waals surface area contributed by atoms with Gasteiger partial charge in [-0.2, -0.15) is 0 Å². The molecule has 0 radical (unpaired) electrons. The molecule has 0 saturated carbocycles. The molecule has 18 heavy (non-hydrogen) atoms. The van der Waals surface area contributed by atoms with Gasteiger partial charge >= 0.3 is 5.97 Å². The Kier molecular flexibility index (Phi) is 5.77. The molecule has 1 aromatic rings. The smallest absolute Gasteiger partial charge is 0.367 e. The Morgan fingerprint density at radius 2 is 2.06 bits per heavy atom. The van der Waals surface area contributed by atoms with Gasteiger partial charge in [-0.25, -0.2) is 9.78 Å². The number of nitrogens with one attached hydrogen (secondary N) is 1. The first-order valence-corrected chi connectivity index (χ1v) is 6.93. The molecule has 0 atom stereocenters. The Hall–Kier alpha value is -1.43. The lowest BCUT2D eigenvalue weighted by atomic mass is 10.2. The highest BCUT2D eigenvalue weighted by atomic mass is 32.1. The predicted octanol–water partition coefficient (Wildman–Crippen LogP) is 2.24. The lowest BCUT2D eigenvalue weighted by Crippen LogP contribution is -2.34. The van der Waals surface area contributed by atoms with Crippen molar-refractivity contribution in [2.75, 3.05) is 6.61 Å². The summed E-state index contributed by atoms with van der Waals surface area (Å²) in [5.41, 5.74) is 0.273. The first-order valence-electron chi connectivity index (χ1n) is 6.05. The molecule has 0 unspecified atom stereocenters. The number of ether oxygens (including phenoxy) is 1. The number of nitrogens with zero attached hydrogens (tertiary/aromatic N) is 1. The molecular formula is C12H18N2O3S. The van der Waals surface area contributed by atoms with Gasteiger partial charge in [0.1, 0.15) is 5.69 Å². The van der Waals surface area contributed by atoms with Crippen molar-refractivity contribution >= 4 is 23.2 Å². The van der Waals surface area contributed by atoms with E-state index in [1.807, 2.05) is 13.8 Å². The highest BCUT2D eigenvalue weighted by Crippen LogP contribution is 2.11. The third-order valence-electron chi connectivity index (χ3n) is 2.51. The SMILES string of the molecule is CCOC(=O)c1nc(C(=O)NC(CC)CC)cs1. The van der Waals surface area contributed by atoms with Crippen molar-refractivity contribution in [3.8, 4) is 0 Å². The largest absolute Gasteiger partial charge is 0.461 e. The number of hydrogen-bond donors (Lipinski definition) is 1. The third kappa shape index (κ3) is 3.80. The van der Waals surface area contributed by atoms with E-state index >= 15 is 0 Å². The van der Waals surface area contributed by atoms with Gasteiger partial charge in [-0.3, -0.25) is 4.79 Å². The Labute approximate surface area is 111 Å². The van der Waals surface area contributed by atoms with Crippen LogP contribution in [0.5, 0.6) is 0 Å². The zero-order valence-corrected chi connectivity index (χ0v) is 11.7. The maximum absolute atomic E-state index is 11.8. The molecule has 6 heteroatoms. The molecule has 0 spiro atoms. The van der Waals surface area contributed by atoms with Gasteiger partial charge in [0.15, 0.2) is 0 Å². The topological polar surface area (TPSA) is 68.3 Å². The van der Waals surface area contributed by atoms with Crippen LogP contribution in [-0.2, 0) is 4.74 Å². The molecule has 5 nitrogen and oxygen atoms in total. The van der Waals surface area contributed by atoms with Crippen molar-refractivity contribution in [1.29, 1.82) is 0 Å². The van der Waals surface area contributed by atoms with Gasteiger partial charge in [0.2, 0.25) is 5.01 Å². The fourth-order valence-corrected chi connectivity index (χ4v) is 2.11. The van der Waals surface area contributed by atoms with Crippen LogP contribution in [0.15, 0.2) is 5.38 Å². The van der Waals surface area contributed by atoms with E-state index in [4.69, 9.17) is 4.74 Å². The number of amides is 1. The summed E-state index contributed by atoms with van der Waals surface area (Å²) in [7, 11) is 0. The highest BCUT2D eigenvalue weighted by molar-refractivity contribution is 7.11. The minimum atomic E-state index is -0.482. The van der Waals surface area contributed by atoms with Crippen molar-refractivity contribution in [3.63, 3.8) is 0 Å². The summed E-state index contributed by atoms with van der Waals surface area (Å²) >= 11 is 1.12. The molecule has 0 saturated heterocycles. The predicted molar refractivity (Wildman–Crippen MR) is 69.9 cm³/mol. The first kappa shape index (κ1) is 14.6. The van der Waals surface area contributed by atoms with Gasteiger partial charge in [-0.05, 0) is 19.8 Å². The normalized spacial score (nSPS) is 10.4. The molecule has 0 bridgehead atoms. The molecular weight excluding hydrogens is 252 g/mol. The van der Waals surface area contributed by atoms with E-state index < -0.39 is 5.97 Å². The molecule has 100 valence electrons. The van der Waals surface area contributed by atoms with Crippen molar-refractivity contribution in [2.45, 2.75) is 39.7 Å². The maximum Gasteiger partial charge on any atom is 0.367 e. The molecule has 1 amide bonds. The average Bonchev–Trinajstić information content (AvgIpc) is 2.85. The van der Waals surface area contributed by atoms with E-state index in [-0.39, 0.29) is 22.7 Å². The van der Waals surface area contributed by atoms with Crippen LogP contribution in [0, 0.1) is 0 Å². The Bertz CT molecular complexity index is 413. The van der Waals surface area contributed by atoms with Crippen LogP contribution in [0.3, 0.4) is 0 Å². The number of aromatic nitrogens is 1. The van der Waals surface area contributed by atoms with Crippen LogP contribution in [0.25, 0.3) is 0 Å². The maximum atomic E-state index is 11.8. The molecule has 0 aliphatic rings. The molecule has 1 rings (SSSR count). The summed E-state index contributed by atoms with van der Waals surface area (Å²) in [4.78, 5) is 27.2. The first-order chi connectivity index (χ1) is 8.62. The molecule has 0 aliphatic heterocycles. The van der Waals surface area contributed by atoms with Crippen molar-refractivity contribution < 1.29 is 14.3 Å². The second-order valence-electron chi connectivity index (χ2n) is 3.75. The fourth-order valence-electron chi connectivity index (χ4n) is 1.42. The van der Waals surface area contributed by atoms with Gasteiger partial charge < -0.3 is 10.1 Å². The van der Waals surface area contributed by atoms with E-state index in [1.54, 1.807) is 12.3 Å². The molecule has 1 N–H and O–H groups in total. The van der Waals surface area contributed by atoms with Crippen LogP contribution in [-0.4, -0.2) is 29.5 Å². The van der Waals surface area contributed by atoms with Crippen LogP contribution in [0.2, 0.25) is 0 Å². The highest BCUT2D eigenvalue weighted by Gasteiger charge is 2.17. The van der Waals surface area contributed by atoms with Crippen molar-refractivity contribution in [3.05, 3.63) is 16.1 Å². The van der Waals surface area contributed by atoms with Crippen LogP contribution < -0.4 is 5.32 Å². The summed E-state index contributed by atoms with van der Waals surface area (Å²) in [5.74, 6) is -0.723. The van der Waals surface area contributed by atoms with E-state index in [1.165, 1.54) is 0 Å². The zero-order valence-electron chi connectivity index (χ0n) is 10.9. The fraction of sp³-hybridized carbons (Fsp3) is 0.583. The van der Waals surface area contributed by atoms with Gasteiger partial charge in [0, 0.05) is 11.4 Å². The number of thiazole rings is 1. The lowest BCUT2D eigenvalue weighted by Gasteiger charge is -2.13. The second kappa shape index (κ2) is 7.10. The number of esters is 1. The average molecular weight is 270 g/mol. The van der Waals surface area contributed by atoms with Crippen LogP contribution in [0.4, 0.5) is 0 Å². The second-order valence-corrected chi connectivity index (χ2v) is 4.60. The molecule has 0 aromatic carbocycles. The van der Waals surface area contributed by atoms with Gasteiger partial charge in [-0.1, -0.05) is 13.8 Å². The molecule has 1 heterocycles. The Balaban J connectivity index is 2.67. The summed E-state index contributed by atoms with van der Waals surface area (Å²) < 4.78 is 4.82. The summed E-state index contributed by atoms with van der Waals surface area (Å²) in [6.45, 7) is 6.05. The summed E-state index contributed by atoms with van der Waals surface area (Å²) in [6.07, 6.45) is 1.74.